The lowest BCUT2D eigenvalue weighted by atomic mass is 10.1. The lowest BCUT2D eigenvalue weighted by molar-refractivity contribution is -0.137. The zero-order chi connectivity index (χ0) is 15.6. The van der Waals surface area contributed by atoms with Crippen molar-refractivity contribution in [3.8, 4) is 0 Å². The molecule has 0 bridgehead atoms. The van der Waals surface area contributed by atoms with Crippen LogP contribution in [0.3, 0.4) is 0 Å². The number of aromatic nitrogens is 1. The SMILES string of the molecule is Cc1cc(C(=O)NC(C)CC(=O)O)c2cc(Br)ccc2n1. The molecular weight excluding hydrogens is 336 g/mol. The molecule has 0 saturated heterocycles. The van der Waals surface area contributed by atoms with Gasteiger partial charge in [-0.15, -0.1) is 0 Å². The van der Waals surface area contributed by atoms with Crippen molar-refractivity contribution >= 4 is 38.7 Å². The summed E-state index contributed by atoms with van der Waals surface area (Å²) in [6.45, 7) is 3.48. The topological polar surface area (TPSA) is 79.3 Å². The number of hydrogen-bond acceptors (Lipinski definition) is 3. The molecule has 0 saturated carbocycles. The van der Waals surface area contributed by atoms with Crippen LogP contribution < -0.4 is 5.32 Å². The average molecular weight is 351 g/mol. The molecule has 2 N–H and O–H groups in total. The van der Waals surface area contributed by atoms with Gasteiger partial charge >= 0.3 is 5.97 Å². The van der Waals surface area contributed by atoms with Crippen molar-refractivity contribution in [3.05, 3.63) is 40.0 Å². The minimum Gasteiger partial charge on any atom is -0.481 e. The molecule has 0 aliphatic carbocycles. The van der Waals surface area contributed by atoms with Gasteiger partial charge in [0.1, 0.15) is 0 Å². The Bertz CT molecular complexity index is 715. The van der Waals surface area contributed by atoms with Gasteiger partial charge in [0.25, 0.3) is 5.91 Å². The van der Waals surface area contributed by atoms with Crippen LogP contribution in [0, 0.1) is 6.92 Å². The number of carbonyl (C=O) groups excluding carboxylic acids is 1. The van der Waals surface area contributed by atoms with Gasteiger partial charge in [0.05, 0.1) is 17.5 Å². The minimum absolute atomic E-state index is 0.114. The number of benzene rings is 1. The standard InChI is InChI=1S/C15H15BrN2O3/c1-8-5-12(15(21)18-9(2)6-14(19)20)11-7-10(16)3-4-13(11)17-8/h3-5,7,9H,6H2,1-2H3,(H,18,21)(H,19,20). The number of carboxylic acids is 1. The van der Waals surface area contributed by atoms with Gasteiger partial charge in [-0.1, -0.05) is 15.9 Å². The summed E-state index contributed by atoms with van der Waals surface area (Å²) in [6, 6.07) is 6.80. The van der Waals surface area contributed by atoms with Crippen molar-refractivity contribution in [2.75, 3.05) is 0 Å². The molecule has 1 aromatic carbocycles. The predicted molar refractivity (Wildman–Crippen MR) is 83.4 cm³/mol. The highest BCUT2D eigenvalue weighted by Crippen LogP contribution is 2.23. The number of nitrogens with one attached hydrogen (secondary N) is 1. The van der Waals surface area contributed by atoms with Gasteiger partial charge in [-0.05, 0) is 38.1 Å². The normalized spacial score (nSPS) is 12.1. The third-order valence-electron chi connectivity index (χ3n) is 3.00. The first-order chi connectivity index (χ1) is 9.86. The number of amides is 1. The fourth-order valence-corrected chi connectivity index (χ4v) is 2.49. The van der Waals surface area contributed by atoms with Gasteiger partial charge < -0.3 is 10.4 Å². The number of nitrogens with zero attached hydrogens (tertiary/aromatic N) is 1. The number of carbonyl (C=O) groups is 2. The van der Waals surface area contributed by atoms with Gasteiger partial charge in [0.15, 0.2) is 0 Å². The van der Waals surface area contributed by atoms with Crippen molar-refractivity contribution in [2.24, 2.45) is 0 Å². The van der Waals surface area contributed by atoms with Crippen LogP contribution in [0.4, 0.5) is 0 Å². The first-order valence-corrected chi connectivity index (χ1v) is 7.25. The fourth-order valence-electron chi connectivity index (χ4n) is 2.13. The maximum atomic E-state index is 12.4. The molecule has 6 heteroatoms. The molecule has 0 aliphatic rings. The summed E-state index contributed by atoms with van der Waals surface area (Å²) in [5.41, 5.74) is 1.96. The van der Waals surface area contributed by atoms with Crippen LogP contribution >= 0.6 is 15.9 Å². The number of rotatable bonds is 4. The van der Waals surface area contributed by atoms with Crippen LogP contribution in [0.15, 0.2) is 28.7 Å². The van der Waals surface area contributed by atoms with E-state index in [4.69, 9.17) is 5.11 Å². The number of aryl methyl sites for hydroxylation is 1. The van der Waals surface area contributed by atoms with Gasteiger partial charge in [0, 0.05) is 21.6 Å². The number of hydrogen-bond donors (Lipinski definition) is 2. The van der Waals surface area contributed by atoms with E-state index in [0.717, 1.165) is 21.1 Å². The number of halogens is 1. The first-order valence-electron chi connectivity index (χ1n) is 6.46. The molecule has 0 fully saturated rings. The second-order valence-corrected chi connectivity index (χ2v) is 5.86. The van der Waals surface area contributed by atoms with E-state index in [1.54, 1.807) is 13.0 Å². The predicted octanol–water partition coefficient (Wildman–Crippen LogP) is 2.90. The molecular formula is C15H15BrN2O3. The van der Waals surface area contributed by atoms with Gasteiger partial charge in [-0.2, -0.15) is 0 Å². The Balaban J connectivity index is 2.38. The van der Waals surface area contributed by atoms with E-state index in [1.807, 2.05) is 25.1 Å². The van der Waals surface area contributed by atoms with E-state index in [9.17, 15) is 9.59 Å². The Hall–Kier alpha value is -1.95. The van der Waals surface area contributed by atoms with Gasteiger partial charge in [-0.3, -0.25) is 14.6 Å². The molecule has 2 aromatic rings. The number of aliphatic carboxylic acids is 1. The van der Waals surface area contributed by atoms with E-state index in [1.165, 1.54) is 0 Å². The molecule has 1 aromatic heterocycles. The van der Waals surface area contributed by atoms with Crippen LogP contribution in [0.25, 0.3) is 10.9 Å². The van der Waals surface area contributed by atoms with Crippen molar-refractivity contribution in [2.45, 2.75) is 26.3 Å². The molecule has 0 aliphatic heterocycles. The molecule has 0 spiro atoms. The Morgan fingerprint density at radius 3 is 2.76 bits per heavy atom. The molecule has 5 nitrogen and oxygen atoms in total. The summed E-state index contributed by atoms with van der Waals surface area (Å²) in [6.07, 6.45) is -0.114. The van der Waals surface area contributed by atoms with Crippen LogP contribution in [-0.4, -0.2) is 28.0 Å². The van der Waals surface area contributed by atoms with Crippen molar-refractivity contribution in [1.82, 2.24) is 10.3 Å². The zero-order valence-electron chi connectivity index (χ0n) is 11.7. The maximum Gasteiger partial charge on any atom is 0.305 e. The molecule has 1 atom stereocenters. The molecule has 1 unspecified atom stereocenters. The monoisotopic (exact) mass is 350 g/mol. The number of pyridine rings is 1. The van der Waals surface area contributed by atoms with Gasteiger partial charge in [0.2, 0.25) is 0 Å². The van der Waals surface area contributed by atoms with Crippen LogP contribution in [-0.2, 0) is 4.79 Å². The van der Waals surface area contributed by atoms with E-state index in [0.29, 0.717) is 5.56 Å². The summed E-state index contributed by atoms with van der Waals surface area (Å²) in [7, 11) is 0. The molecule has 1 heterocycles. The van der Waals surface area contributed by atoms with Crippen molar-refractivity contribution in [1.29, 1.82) is 0 Å². The highest BCUT2D eigenvalue weighted by Gasteiger charge is 2.16. The van der Waals surface area contributed by atoms with Crippen LogP contribution in [0.2, 0.25) is 0 Å². The lowest BCUT2D eigenvalue weighted by Gasteiger charge is -2.13. The quantitative estimate of drug-likeness (QED) is 0.888. The summed E-state index contributed by atoms with van der Waals surface area (Å²) in [5.74, 6) is -1.24. The largest absolute Gasteiger partial charge is 0.481 e. The smallest absolute Gasteiger partial charge is 0.305 e. The second kappa shape index (κ2) is 6.22. The zero-order valence-corrected chi connectivity index (χ0v) is 13.3. The number of carboxylic acid groups (broad SMARTS) is 1. The summed E-state index contributed by atoms with van der Waals surface area (Å²) < 4.78 is 0.855. The second-order valence-electron chi connectivity index (χ2n) is 4.95. The lowest BCUT2D eigenvalue weighted by Crippen LogP contribution is -2.34. The van der Waals surface area contributed by atoms with Crippen molar-refractivity contribution < 1.29 is 14.7 Å². The van der Waals surface area contributed by atoms with Crippen molar-refractivity contribution in [3.63, 3.8) is 0 Å². The summed E-state index contributed by atoms with van der Waals surface area (Å²) >= 11 is 3.38. The first kappa shape index (κ1) is 15.4. The van der Waals surface area contributed by atoms with Crippen LogP contribution in [0.5, 0.6) is 0 Å². The number of fused-ring (bicyclic) bond motifs is 1. The van der Waals surface area contributed by atoms with E-state index in [2.05, 4.69) is 26.2 Å². The summed E-state index contributed by atoms with van der Waals surface area (Å²) in [4.78, 5) is 27.4. The Kier molecular flexibility index (Phi) is 4.57. The highest BCUT2D eigenvalue weighted by molar-refractivity contribution is 9.10. The Labute approximate surface area is 130 Å². The van der Waals surface area contributed by atoms with E-state index in [-0.39, 0.29) is 12.3 Å². The minimum atomic E-state index is -0.943. The van der Waals surface area contributed by atoms with Crippen LogP contribution in [0.1, 0.15) is 29.4 Å². The molecule has 110 valence electrons. The molecule has 1 amide bonds. The molecule has 2 rings (SSSR count). The molecule has 21 heavy (non-hydrogen) atoms. The third-order valence-corrected chi connectivity index (χ3v) is 3.49. The van der Waals surface area contributed by atoms with E-state index < -0.39 is 12.0 Å². The summed E-state index contributed by atoms with van der Waals surface area (Å²) in [5, 5.41) is 12.2. The third kappa shape index (κ3) is 3.78. The Morgan fingerprint density at radius 2 is 2.10 bits per heavy atom. The highest BCUT2D eigenvalue weighted by atomic mass is 79.9. The van der Waals surface area contributed by atoms with E-state index >= 15 is 0 Å². The fraction of sp³-hybridized carbons (Fsp3) is 0.267. The Morgan fingerprint density at radius 1 is 1.38 bits per heavy atom. The maximum absolute atomic E-state index is 12.4. The van der Waals surface area contributed by atoms with Gasteiger partial charge in [-0.25, -0.2) is 0 Å². The molecule has 0 radical (unpaired) electrons. The average Bonchev–Trinajstić information content (AvgIpc) is 2.37.